The van der Waals surface area contributed by atoms with Gasteiger partial charge in [-0.25, -0.2) is 0 Å². The van der Waals surface area contributed by atoms with Gasteiger partial charge in [0.2, 0.25) is 0 Å². The van der Waals surface area contributed by atoms with Crippen LogP contribution in [0, 0.1) is 5.92 Å². The van der Waals surface area contributed by atoms with Gasteiger partial charge in [-0.2, -0.15) is 0 Å². The summed E-state index contributed by atoms with van der Waals surface area (Å²) in [4.78, 5) is 4.13. The van der Waals surface area contributed by atoms with E-state index < -0.39 is 0 Å². The summed E-state index contributed by atoms with van der Waals surface area (Å²) in [5.41, 5.74) is 8.95. The van der Waals surface area contributed by atoms with Crippen molar-refractivity contribution in [2.45, 2.75) is 12.8 Å². The molecule has 1 aliphatic heterocycles. The first kappa shape index (κ1) is 11.1. The van der Waals surface area contributed by atoms with E-state index >= 15 is 0 Å². The molecule has 1 aliphatic rings. The standard InChI is InChI=1S/C15H16N2O/c16-14-7-11(8-17-9-14)5-12-6-13-3-1-2-4-15(13)18-10-12/h1-4,7-9,12H,5-6,10,16H2/t12-/m0/s1. The van der Waals surface area contributed by atoms with E-state index in [9.17, 15) is 0 Å². The van der Waals surface area contributed by atoms with Crippen LogP contribution in [0.5, 0.6) is 5.75 Å². The van der Waals surface area contributed by atoms with Crippen molar-refractivity contribution in [3.05, 3.63) is 53.9 Å². The third-order valence-corrected chi connectivity index (χ3v) is 3.30. The van der Waals surface area contributed by atoms with E-state index in [-0.39, 0.29) is 0 Å². The monoisotopic (exact) mass is 240 g/mol. The average molecular weight is 240 g/mol. The highest BCUT2D eigenvalue weighted by Gasteiger charge is 2.19. The number of nitrogens with zero attached hydrogens (tertiary/aromatic N) is 1. The summed E-state index contributed by atoms with van der Waals surface area (Å²) in [6.45, 7) is 0.770. The second-order valence-corrected chi connectivity index (χ2v) is 4.82. The second kappa shape index (κ2) is 4.69. The summed E-state index contributed by atoms with van der Waals surface area (Å²) in [5, 5.41) is 0. The molecule has 18 heavy (non-hydrogen) atoms. The molecule has 1 atom stereocenters. The number of rotatable bonds is 2. The van der Waals surface area contributed by atoms with Gasteiger partial charge in [0.05, 0.1) is 12.3 Å². The van der Waals surface area contributed by atoms with E-state index in [0.717, 1.165) is 30.9 Å². The zero-order valence-corrected chi connectivity index (χ0v) is 10.2. The first-order valence-corrected chi connectivity index (χ1v) is 6.21. The molecule has 3 heteroatoms. The van der Waals surface area contributed by atoms with Crippen molar-refractivity contribution in [1.82, 2.24) is 4.98 Å². The first-order chi connectivity index (χ1) is 8.81. The summed E-state index contributed by atoms with van der Waals surface area (Å²) in [6, 6.07) is 10.2. The highest BCUT2D eigenvalue weighted by Crippen LogP contribution is 2.28. The van der Waals surface area contributed by atoms with Gasteiger partial charge < -0.3 is 10.5 Å². The summed E-state index contributed by atoms with van der Waals surface area (Å²) in [6.07, 6.45) is 5.59. The second-order valence-electron chi connectivity index (χ2n) is 4.82. The maximum absolute atomic E-state index is 5.79. The maximum Gasteiger partial charge on any atom is 0.122 e. The summed E-state index contributed by atoms with van der Waals surface area (Å²) in [5.74, 6) is 1.53. The summed E-state index contributed by atoms with van der Waals surface area (Å²) in [7, 11) is 0. The number of benzene rings is 1. The van der Waals surface area contributed by atoms with Crippen LogP contribution in [-0.4, -0.2) is 11.6 Å². The first-order valence-electron chi connectivity index (χ1n) is 6.21. The molecule has 0 saturated heterocycles. The van der Waals surface area contributed by atoms with Crippen molar-refractivity contribution in [1.29, 1.82) is 0 Å². The van der Waals surface area contributed by atoms with Crippen LogP contribution in [0.3, 0.4) is 0 Å². The zero-order chi connectivity index (χ0) is 12.4. The number of fused-ring (bicyclic) bond motifs is 1. The van der Waals surface area contributed by atoms with E-state index in [1.165, 1.54) is 11.1 Å². The molecule has 0 amide bonds. The van der Waals surface area contributed by atoms with Gasteiger partial charge in [0.25, 0.3) is 0 Å². The number of ether oxygens (including phenoxy) is 1. The molecule has 0 fully saturated rings. The van der Waals surface area contributed by atoms with Crippen molar-refractivity contribution < 1.29 is 4.74 Å². The largest absolute Gasteiger partial charge is 0.493 e. The van der Waals surface area contributed by atoms with E-state index in [2.05, 4.69) is 17.1 Å². The number of nitrogen functional groups attached to an aromatic ring is 1. The Morgan fingerprint density at radius 1 is 1.28 bits per heavy atom. The molecule has 92 valence electrons. The van der Waals surface area contributed by atoms with Crippen molar-refractivity contribution in [2.75, 3.05) is 12.3 Å². The molecule has 0 radical (unpaired) electrons. The van der Waals surface area contributed by atoms with Gasteiger partial charge in [0.1, 0.15) is 5.75 Å². The fourth-order valence-electron chi connectivity index (χ4n) is 2.47. The molecular formula is C15H16N2O. The lowest BCUT2D eigenvalue weighted by molar-refractivity contribution is 0.221. The Hall–Kier alpha value is -2.03. The number of hydrogen-bond donors (Lipinski definition) is 1. The minimum Gasteiger partial charge on any atom is -0.493 e. The predicted molar refractivity (Wildman–Crippen MR) is 71.5 cm³/mol. The fourth-order valence-corrected chi connectivity index (χ4v) is 2.47. The van der Waals surface area contributed by atoms with Gasteiger partial charge >= 0.3 is 0 Å². The highest BCUT2D eigenvalue weighted by molar-refractivity contribution is 5.38. The van der Waals surface area contributed by atoms with Crippen LogP contribution in [0.4, 0.5) is 5.69 Å². The zero-order valence-electron chi connectivity index (χ0n) is 10.2. The SMILES string of the molecule is Nc1cncc(C[C@@H]2COc3ccccc3C2)c1. The number of hydrogen-bond acceptors (Lipinski definition) is 3. The number of aromatic nitrogens is 1. The van der Waals surface area contributed by atoms with Crippen LogP contribution in [0.2, 0.25) is 0 Å². The van der Waals surface area contributed by atoms with Crippen LogP contribution in [0.15, 0.2) is 42.7 Å². The topological polar surface area (TPSA) is 48.1 Å². The number of pyridine rings is 1. The van der Waals surface area contributed by atoms with Crippen molar-refractivity contribution >= 4 is 5.69 Å². The Bertz CT molecular complexity index is 554. The molecule has 2 aromatic rings. The lowest BCUT2D eigenvalue weighted by atomic mass is 9.91. The lowest BCUT2D eigenvalue weighted by Gasteiger charge is -2.25. The molecular weight excluding hydrogens is 224 g/mol. The average Bonchev–Trinajstić information content (AvgIpc) is 2.39. The fraction of sp³-hybridized carbons (Fsp3) is 0.267. The maximum atomic E-state index is 5.79. The highest BCUT2D eigenvalue weighted by atomic mass is 16.5. The molecule has 0 spiro atoms. The molecule has 0 bridgehead atoms. The molecule has 0 saturated carbocycles. The molecule has 2 heterocycles. The molecule has 1 aromatic carbocycles. The van der Waals surface area contributed by atoms with Gasteiger partial charge in [-0.05, 0) is 36.1 Å². The Kier molecular flexibility index (Phi) is 2.89. The summed E-state index contributed by atoms with van der Waals surface area (Å²) >= 11 is 0. The van der Waals surface area contributed by atoms with E-state index in [1.54, 1.807) is 6.20 Å². The molecule has 2 N–H and O–H groups in total. The third kappa shape index (κ3) is 2.30. The Labute approximate surface area is 107 Å². The van der Waals surface area contributed by atoms with E-state index in [1.807, 2.05) is 24.4 Å². The van der Waals surface area contributed by atoms with Crippen LogP contribution in [0.1, 0.15) is 11.1 Å². The predicted octanol–water partition coefficient (Wildman–Crippen LogP) is 2.46. The van der Waals surface area contributed by atoms with Gasteiger partial charge in [-0.15, -0.1) is 0 Å². The third-order valence-electron chi connectivity index (χ3n) is 3.30. The van der Waals surface area contributed by atoms with E-state index in [4.69, 9.17) is 10.5 Å². The Balaban J connectivity index is 1.73. The quantitative estimate of drug-likeness (QED) is 0.877. The van der Waals surface area contributed by atoms with Crippen LogP contribution in [-0.2, 0) is 12.8 Å². The molecule has 0 aliphatic carbocycles. The minimum absolute atomic E-state index is 0.503. The molecule has 3 rings (SSSR count). The molecule has 0 unspecified atom stereocenters. The number of anilines is 1. The number of para-hydroxylation sites is 1. The Morgan fingerprint density at radius 3 is 3.06 bits per heavy atom. The van der Waals surface area contributed by atoms with Crippen molar-refractivity contribution in [3.8, 4) is 5.75 Å². The molecule has 3 nitrogen and oxygen atoms in total. The van der Waals surface area contributed by atoms with Crippen LogP contribution >= 0.6 is 0 Å². The van der Waals surface area contributed by atoms with Gasteiger partial charge in [0, 0.05) is 18.3 Å². The number of nitrogens with two attached hydrogens (primary N) is 1. The summed E-state index contributed by atoms with van der Waals surface area (Å²) < 4.78 is 5.79. The normalized spacial score (nSPS) is 17.9. The van der Waals surface area contributed by atoms with Gasteiger partial charge in [0.15, 0.2) is 0 Å². The molecule has 1 aromatic heterocycles. The van der Waals surface area contributed by atoms with Crippen LogP contribution < -0.4 is 10.5 Å². The van der Waals surface area contributed by atoms with Gasteiger partial charge in [-0.1, -0.05) is 18.2 Å². The van der Waals surface area contributed by atoms with Crippen LogP contribution in [0.25, 0.3) is 0 Å². The van der Waals surface area contributed by atoms with Crippen molar-refractivity contribution in [2.24, 2.45) is 5.92 Å². The van der Waals surface area contributed by atoms with Gasteiger partial charge in [-0.3, -0.25) is 4.98 Å². The smallest absolute Gasteiger partial charge is 0.122 e. The Morgan fingerprint density at radius 2 is 2.17 bits per heavy atom. The minimum atomic E-state index is 0.503. The van der Waals surface area contributed by atoms with E-state index in [0.29, 0.717) is 5.92 Å². The van der Waals surface area contributed by atoms with Crippen molar-refractivity contribution in [3.63, 3.8) is 0 Å². The lowest BCUT2D eigenvalue weighted by Crippen LogP contribution is -2.22.